The first-order valence-corrected chi connectivity index (χ1v) is 7.69. The van der Waals surface area contributed by atoms with Crippen molar-refractivity contribution in [3.63, 3.8) is 0 Å². The number of aromatic nitrogens is 1. The SMILES string of the molecule is CCNC(=NCc1cc(C(C)C)no1)NC1CCCC1. The molecule has 112 valence electrons. The predicted octanol–water partition coefficient (Wildman–Crippen LogP) is 2.80. The summed E-state index contributed by atoms with van der Waals surface area (Å²) in [4.78, 5) is 4.58. The highest BCUT2D eigenvalue weighted by Crippen LogP contribution is 2.17. The van der Waals surface area contributed by atoms with Crippen LogP contribution in [0.3, 0.4) is 0 Å². The summed E-state index contributed by atoms with van der Waals surface area (Å²) in [5, 5.41) is 10.8. The fourth-order valence-corrected chi connectivity index (χ4v) is 2.42. The molecule has 0 radical (unpaired) electrons. The van der Waals surface area contributed by atoms with Gasteiger partial charge in [0.15, 0.2) is 11.7 Å². The van der Waals surface area contributed by atoms with Crippen LogP contribution in [-0.2, 0) is 6.54 Å². The summed E-state index contributed by atoms with van der Waals surface area (Å²) in [6.07, 6.45) is 5.11. The zero-order chi connectivity index (χ0) is 14.4. The molecular weight excluding hydrogens is 252 g/mol. The van der Waals surface area contributed by atoms with E-state index < -0.39 is 0 Å². The molecular formula is C15H26N4O. The summed E-state index contributed by atoms with van der Waals surface area (Å²) in [5.41, 5.74) is 0.990. The third-order valence-electron chi connectivity index (χ3n) is 3.60. The first kappa shape index (κ1) is 14.9. The maximum absolute atomic E-state index is 5.31. The lowest BCUT2D eigenvalue weighted by Crippen LogP contribution is -2.42. The second-order valence-corrected chi connectivity index (χ2v) is 5.69. The van der Waals surface area contributed by atoms with Gasteiger partial charge in [-0.1, -0.05) is 31.8 Å². The van der Waals surface area contributed by atoms with Gasteiger partial charge in [-0.2, -0.15) is 0 Å². The molecule has 5 heteroatoms. The Morgan fingerprint density at radius 1 is 1.45 bits per heavy atom. The minimum atomic E-state index is 0.390. The number of nitrogens with zero attached hydrogens (tertiary/aromatic N) is 2. The van der Waals surface area contributed by atoms with Crippen LogP contribution in [-0.4, -0.2) is 23.7 Å². The lowest BCUT2D eigenvalue weighted by Gasteiger charge is -2.16. The number of rotatable bonds is 5. The zero-order valence-corrected chi connectivity index (χ0v) is 12.8. The molecule has 1 saturated carbocycles. The summed E-state index contributed by atoms with van der Waals surface area (Å²) in [5.74, 6) is 2.08. The third-order valence-corrected chi connectivity index (χ3v) is 3.60. The fraction of sp³-hybridized carbons (Fsp3) is 0.733. The molecule has 1 aromatic rings. The van der Waals surface area contributed by atoms with Crippen LogP contribution in [0.1, 0.15) is 63.8 Å². The van der Waals surface area contributed by atoms with Gasteiger partial charge in [0.2, 0.25) is 0 Å². The van der Waals surface area contributed by atoms with E-state index in [2.05, 4.69) is 41.6 Å². The van der Waals surface area contributed by atoms with Crippen molar-refractivity contribution in [3.05, 3.63) is 17.5 Å². The highest BCUT2D eigenvalue weighted by atomic mass is 16.5. The zero-order valence-electron chi connectivity index (χ0n) is 12.8. The van der Waals surface area contributed by atoms with Gasteiger partial charge in [0.05, 0.1) is 5.69 Å². The first-order valence-electron chi connectivity index (χ1n) is 7.69. The van der Waals surface area contributed by atoms with Crippen LogP contribution in [0.4, 0.5) is 0 Å². The Balaban J connectivity index is 1.92. The van der Waals surface area contributed by atoms with Crippen molar-refractivity contribution in [1.82, 2.24) is 15.8 Å². The number of guanidine groups is 1. The number of nitrogens with one attached hydrogen (secondary N) is 2. The van der Waals surface area contributed by atoms with Crippen LogP contribution in [0.5, 0.6) is 0 Å². The van der Waals surface area contributed by atoms with Gasteiger partial charge in [-0.25, -0.2) is 4.99 Å². The molecule has 0 saturated heterocycles. The Morgan fingerprint density at radius 2 is 2.20 bits per heavy atom. The molecule has 0 atom stereocenters. The molecule has 0 spiro atoms. The van der Waals surface area contributed by atoms with Crippen molar-refractivity contribution in [3.8, 4) is 0 Å². The molecule has 5 nitrogen and oxygen atoms in total. The second kappa shape index (κ2) is 7.31. The van der Waals surface area contributed by atoms with Crippen molar-refractivity contribution in [2.24, 2.45) is 4.99 Å². The van der Waals surface area contributed by atoms with Crippen LogP contribution >= 0.6 is 0 Å². The van der Waals surface area contributed by atoms with Gasteiger partial charge in [0, 0.05) is 18.7 Å². The van der Waals surface area contributed by atoms with Crippen LogP contribution in [0.2, 0.25) is 0 Å². The van der Waals surface area contributed by atoms with E-state index in [-0.39, 0.29) is 0 Å². The van der Waals surface area contributed by atoms with E-state index in [4.69, 9.17) is 4.52 Å². The highest BCUT2D eigenvalue weighted by Gasteiger charge is 2.16. The van der Waals surface area contributed by atoms with Gasteiger partial charge in [-0.15, -0.1) is 0 Å². The summed E-state index contributed by atoms with van der Waals surface area (Å²) in [6, 6.07) is 2.56. The van der Waals surface area contributed by atoms with Crippen molar-refractivity contribution in [1.29, 1.82) is 0 Å². The van der Waals surface area contributed by atoms with E-state index in [1.165, 1.54) is 25.7 Å². The quantitative estimate of drug-likeness (QED) is 0.642. The van der Waals surface area contributed by atoms with Gasteiger partial charge >= 0.3 is 0 Å². The van der Waals surface area contributed by atoms with Crippen molar-refractivity contribution in [2.75, 3.05) is 6.54 Å². The third kappa shape index (κ3) is 4.25. The van der Waals surface area contributed by atoms with Gasteiger partial charge in [0.25, 0.3) is 0 Å². The van der Waals surface area contributed by atoms with Gasteiger partial charge in [0.1, 0.15) is 6.54 Å². The normalized spacial score (nSPS) is 16.9. The fourth-order valence-electron chi connectivity index (χ4n) is 2.42. The molecule has 0 aromatic carbocycles. The minimum Gasteiger partial charge on any atom is -0.359 e. The Labute approximate surface area is 121 Å². The van der Waals surface area contributed by atoms with Crippen LogP contribution < -0.4 is 10.6 Å². The van der Waals surface area contributed by atoms with Crippen molar-refractivity contribution >= 4 is 5.96 Å². The van der Waals surface area contributed by atoms with E-state index in [1.54, 1.807) is 0 Å². The summed E-state index contributed by atoms with van der Waals surface area (Å²) in [7, 11) is 0. The van der Waals surface area contributed by atoms with Crippen LogP contribution in [0, 0.1) is 0 Å². The average molecular weight is 278 g/mol. The summed E-state index contributed by atoms with van der Waals surface area (Å²) >= 11 is 0. The number of hydrogen-bond donors (Lipinski definition) is 2. The first-order chi connectivity index (χ1) is 9.69. The molecule has 1 fully saturated rings. The second-order valence-electron chi connectivity index (χ2n) is 5.69. The molecule has 2 rings (SSSR count). The molecule has 2 N–H and O–H groups in total. The number of hydrogen-bond acceptors (Lipinski definition) is 3. The molecule has 1 aliphatic rings. The molecule has 0 unspecified atom stereocenters. The molecule has 0 aliphatic heterocycles. The molecule has 20 heavy (non-hydrogen) atoms. The van der Waals surface area contributed by atoms with E-state index in [9.17, 15) is 0 Å². The summed E-state index contributed by atoms with van der Waals surface area (Å²) in [6.45, 7) is 7.69. The Bertz CT molecular complexity index is 433. The standard InChI is InChI=1S/C15H26N4O/c1-4-16-15(18-12-7-5-6-8-12)17-10-13-9-14(11(2)3)19-20-13/h9,11-12H,4-8,10H2,1-3H3,(H2,16,17,18). The van der Waals surface area contributed by atoms with Crippen LogP contribution in [0.25, 0.3) is 0 Å². The van der Waals surface area contributed by atoms with E-state index in [0.29, 0.717) is 18.5 Å². The topological polar surface area (TPSA) is 62.5 Å². The Hall–Kier alpha value is -1.52. The predicted molar refractivity (Wildman–Crippen MR) is 80.8 cm³/mol. The van der Waals surface area contributed by atoms with Crippen molar-refractivity contribution in [2.45, 2.75) is 65.0 Å². The Morgan fingerprint density at radius 3 is 2.80 bits per heavy atom. The number of aliphatic imine (C=N–C) groups is 1. The lowest BCUT2D eigenvalue weighted by molar-refractivity contribution is 0.376. The lowest BCUT2D eigenvalue weighted by atomic mass is 10.1. The monoisotopic (exact) mass is 278 g/mol. The summed E-state index contributed by atoms with van der Waals surface area (Å²) < 4.78 is 5.31. The van der Waals surface area contributed by atoms with Gasteiger partial charge in [-0.05, 0) is 25.7 Å². The van der Waals surface area contributed by atoms with E-state index in [0.717, 1.165) is 24.0 Å². The van der Waals surface area contributed by atoms with Gasteiger partial charge < -0.3 is 15.2 Å². The largest absolute Gasteiger partial charge is 0.359 e. The van der Waals surface area contributed by atoms with Gasteiger partial charge in [-0.3, -0.25) is 0 Å². The van der Waals surface area contributed by atoms with Crippen LogP contribution in [0.15, 0.2) is 15.6 Å². The van der Waals surface area contributed by atoms with E-state index >= 15 is 0 Å². The minimum absolute atomic E-state index is 0.390. The molecule has 0 bridgehead atoms. The maximum atomic E-state index is 5.31. The average Bonchev–Trinajstić information content (AvgIpc) is 3.07. The van der Waals surface area contributed by atoms with Crippen molar-refractivity contribution < 1.29 is 4.52 Å². The Kier molecular flexibility index (Phi) is 5.44. The molecule has 1 heterocycles. The molecule has 1 aliphatic carbocycles. The maximum Gasteiger partial charge on any atom is 0.191 e. The highest BCUT2D eigenvalue weighted by molar-refractivity contribution is 5.80. The smallest absolute Gasteiger partial charge is 0.191 e. The molecule has 0 amide bonds. The van der Waals surface area contributed by atoms with E-state index in [1.807, 2.05) is 6.07 Å². The molecule has 1 aromatic heterocycles.